The number of aryl methyl sites for hydroxylation is 1. The second-order valence-corrected chi connectivity index (χ2v) is 11.9. The average Bonchev–Trinajstić information content (AvgIpc) is 2.95. The number of para-hydroxylation sites is 1. The first-order valence-corrected chi connectivity index (χ1v) is 15.4. The van der Waals surface area contributed by atoms with Crippen LogP contribution in [0.3, 0.4) is 0 Å². The molecule has 0 atom stereocenters. The van der Waals surface area contributed by atoms with Gasteiger partial charge in [-0.05, 0) is 45.6 Å². The number of nitrogens with zero attached hydrogens (tertiary/aromatic N) is 2. The van der Waals surface area contributed by atoms with Crippen LogP contribution in [0.25, 0.3) is 10.8 Å². The standard InChI is InChI=1S/C30H31BrN4O4S.ClH/c1-2-18-34-21-24(20-25(31)22-34)30(37)35(26-11-4-3-5-12-26)19-17-32-29(36)15-16-33-40(38,39)28-14-8-10-23-9-6-7-13-27(23)28;/h3-14,20-22,33H,2,15-19H2,1H3;1H. The van der Waals surface area contributed by atoms with E-state index in [0.29, 0.717) is 16.6 Å². The molecule has 0 fully saturated rings. The van der Waals surface area contributed by atoms with Crippen LogP contribution in [0.15, 0.2) is 101 Å². The van der Waals surface area contributed by atoms with Crippen LogP contribution in [-0.4, -0.2) is 39.9 Å². The van der Waals surface area contributed by atoms with E-state index in [2.05, 4.69) is 32.9 Å². The maximum Gasteiger partial charge on any atom is 0.264 e. The van der Waals surface area contributed by atoms with Crippen LogP contribution in [-0.2, 0) is 21.4 Å². The van der Waals surface area contributed by atoms with Gasteiger partial charge in [-0.3, -0.25) is 9.59 Å². The van der Waals surface area contributed by atoms with Crippen LogP contribution in [0.2, 0.25) is 0 Å². The summed E-state index contributed by atoms with van der Waals surface area (Å²) in [5.41, 5.74) is 1.24. The Morgan fingerprint density at radius 2 is 1.63 bits per heavy atom. The number of fused-ring (bicyclic) bond motifs is 1. The van der Waals surface area contributed by atoms with Crippen molar-refractivity contribution in [1.82, 2.24) is 10.0 Å². The summed E-state index contributed by atoms with van der Waals surface area (Å²) < 4.78 is 31.1. The molecule has 41 heavy (non-hydrogen) atoms. The monoisotopic (exact) mass is 658 g/mol. The quantitative estimate of drug-likeness (QED) is 0.225. The molecule has 0 bridgehead atoms. The molecule has 0 saturated heterocycles. The van der Waals surface area contributed by atoms with Crippen LogP contribution in [0.1, 0.15) is 30.1 Å². The predicted octanol–water partition coefficient (Wildman–Crippen LogP) is 1.44. The molecule has 0 aliphatic carbocycles. The minimum atomic E-state index is -3.79. The van der Waals surface area contributed by atoms with Gasteiger partial charge in [-0.25, -0.2) is 17.7 Å². The van der Waals surface area contributed by atoms with Crippen molar-refractivity contribution in [3.8, 4) is 0 Å². The van der Waals surface area contributed by atoms with Crippen molar-refractivity contribution in [2.45, 2.75) is 31.2 Å². The van der Waals surface area contributed by atoms with E-state index in [1.165, 1.54) is 0 Å². The van der Waals surface area contributed by atoms with E-state index < -0.39 is 10.0 Å². The third-order valence-electron chi connectivity index (χ3n) is 6.27. The Kier molecular flexibility index (Phi) is 11.8. The molecule has 0 radical (unpaired) electrons. The van der Waals surface area contributed by atoms with E-state index in [1.807, 2.05) is 65.5 Å². The Morgan fingerprint density at radius 1 is 0.927 bits per heavy atom. The zero-order chi connectivity index (χ0) is 28.5. The van der Waals surface area contributed by atoms with Gasteiger partial charge >= 0.3 is 0 Å². The fraction of sp³-hybridized carbons (Fsp3) is 0.233. The Hall–Kier alpha value is -3.31. The number of rotatable bonds is 12. The van der Waals surface area contributed by atoms with Crippen molar-refractivity contribution in [2.75, 3.05) is 24.5 Å². The Bertz CT molecular complexity index is 1600. The molecule has 0 aliphatic heterocycles. The number of aromatic nitrogens is 1. The van der Waals surface area contributed by atoms with Gasteiger partial charge in [0.15, 0.2) is 12.4 Å². The lowest BCUT2D eigenvalue weighted by Gasteiger charge is -2.23. The number of carbonyl (C=O) groups is 2. The van der Waals surface area contributed by atoms with Crippen molar-refractivity contribution in [2.24, 2.45) is 0 Å². The van der Waals surface area contributed by atoms with Gasteiger partial charge in [0.2, 0.25) is 15.9 Å². The van der Waals surface area contributed by atoms with Gasteiger partial charge < -0.3 is 22.6 Å². The molecule has 3 aromatic carbocycles. The Morgan fingerprint density at radius 3 is 2.39 bits per heavy atom. The lowest BCUT2D eigenvalue weighted by atomic mass is 10.1. The molecule has 0 unspecified atom stereocenters. The summed E-state index contributed by atoms with van der Waals surface area (Å²) in [4.78, 5) is 27.9. The summed E-state index contributed by atoms with van der Waals surface area (Å²) in [6, 6.07) is 23.4. The molecule has 0 aliphatic rings. The van der Waals surface area contributed by atoms with E-state index in [-0.39, 0.29) is 55.2 Å². The maximum absolute atomic E-state index is 13.5. The van der Waals surface area contributed by atoms with Gasteiger partial charge in [0.25, 0.3) is 5.91 Å². The van der Waals surface area contributed by atoms with E-state index >= 15 is 0 Å². The number of anilines is 1. The summed E-state index contributed by atoms with van der Waals surface area (Å²) in [6.45, 7) is 3.26. The molecular weight excluding hydrogens is 628 g/mol. The number of sulfonamides is 1. The van der Waals surface area contributed by atoms with Crippen LogP contribution >= 0.6 is 15.9 Å². The topological polar surface area (TPSA) is 99.5 Å². The summed E-state index contributed by atoms with van der Waals surface area (Å²) in [7, 11) is -3.79. The molecule has 0 saturated carbocycles. The van der Waals surface area contributed by atoms with Gasteiger partial charge in [0.05, 0.1) is 9.37 Å². The molecule has 2 amide bonds. The summed E-state index contributed by atoms with van der Waals surface area (Å²) in [6.07, 6.45) is 4.66. The lowest BCUT2D eigenvalue weighted by Crippen LogP contribution is -3.00. The maximum atomic E-state index is 13.5. The number of carbonyl (C=O) groups excluding carboxylic acids is 2. The fourth-order valence-electron chi connectivity index (χ4n) is 4.42. The summed E-state index contributed by atoms with van der Waals surface area (Å²) >= 11 is 3.50. The predicted molar refractivity (Wildman–Crippen MR) is 160 cm³/mol. The minimum Gasteiger partial charge on any atom is -1.00 e. The smallest absolute Gasteiger partial charge is 0.264 e. The van der Waals surface area contributed by atoms with E-state index in [1.54, 1.807) is 35.2 Å². The van der Waals surface area contributed by atoms with Crippen LogP contribution in [0.4, 0.5) is 5.69 Å². The normalized spacial score (nSPS) is 11.1. The van der Waals surface area contributed by atoms with Crippen molar-refractivity contribution in [3.63, 3.8) is 0 Å². The number of pyridine rings is 1. The highest BCUT2D eigenvalue weighted by Crippen LogP contribution is 2.22. The number of hydrogen-bond donors (Lipinski definition) is 2. The summed E-state index contributed by atoms with van der Waals surface area (Å²) in [5.74, 6) is -0.501. The zero-order valence-corrected chi connectivity index (χ0v) is 25.8. The molecule has 8 nitrogen and oxygen atoms in total. The van der Waals surface area contributed by atoms with Gasteiger partial charge in [0, 0.05) is 43.5 Å². The van der Waals surface area contributed by atoms with Crippen molar-refractivity contribution in [3.05, 3.63) is 101 Å². The molecule has 4 rings (SSSR count). The number of amides is 2. The highest BCUT2D eigenvalue weighted by atomic mass is 79.9. The van der Waals surface area contributed by atoms with Crippen molar-refractivity contribution in [1.29, 1.82) is 0 Å². The third-order valence-corrected chi connectivity index (χ3v) is 8.22. The number of nitrogens with one attached hydrogen (secondary N) is 2. The molecular formula is C30H32BrClN4O4S. The molecule has 216 valence electrons. The van der Waals surface area contributed by atoms with Crippen molar-refractivity contribution >= 4 is 54.2 Å². The highest BCUT2D eigenvalue weighted by Gasteiger charge is 2.22. The van der Waals surface area contributed by atoms with Crippen LogP contribution in [0.5, 0.6) is 0 Å². The van der Waals surface area contributed by atoms with Gasteiger partial charge in [-0.1, -0.05) is 61.5 Å². The Labute approximate surface area is 255 Å². The number of benzene rings is 3. The first kappa shape index (κ1) is 32.2. The van der Waals surface area contributed by atoms with Crippen molar-refractivity contribution < 1.29 is 35.0 Å². The third kappa shape index (κ3) is 8.59. The van der Waals surface area contributed by atoms with E-state index in [4.69, 9.17) is 0 Å². The first-order valence-electron chi connectivity index (χ1n) is 13.1. The molecule has 1 heterocycles. The summed E-state index contributed by atoms with van der Waals surface area (Å²) in [5, 5.41) is 4.25. The second-order valence-electron chi connectivity index (χ2n) is 9.25. The fourth-order valence-corrected chi connectivity index (χ4v) is 6.18. The van der Waals surface area contributed by atoms with E-state index in [9.17, 15) is 18.0 Å². The molecule has 4 aromatic rings. The van der Waals surface area contributed by atoms with Gasteiger partial charge in [0.1, 0.15) is 12.1 Å². The van der Waals surface area contributed by atoms with Gasteiger partial charge in [-0.15, -0.1) is 0 Å². The Balaban J connectivity index is 0.00000462. The lowest BCUT2D eigenvalue weighted by molar-refractivity contribution is -0.697. The molecule has 1 aromatic heterocycles. The zero-order valence-electron chi connectivity index (χ0n) is 22.6. The van der Waals surface area contributed by atoms with Crippen LogP contribution in [0, 0.1) is 0 Å². The number of hydrogen-bond acceptors (Lipinski definition) is 4. The molecule has 11 heteroatoms. The molecule has 2 N–H and O–H groups in total. The average molecular weight is 660 g/mol. The first-order chi connectivity index (χ1) is 19.3. The minimum absolute atomic E-state index is 0. The SMILES string of the molecule is CCC[n+]1cc(Br)cc(C(=O)N(CCNC(=O)CCNS(=O)(=O)c2cccc3ccccc23)c2ccccc2)c1.[Cl-]. The highest BCUT2D eigenvalue weighted by molar-refractivity contribution is 9.10. The van der Waals surface area contributed by atoms with Gasteiger partial charge in [-0.2, -0.15) is 0 Å². The largest absolute Gasteiger partial charge is 1.00 e. The molecule has 0 spiro atoms. The van der Waals surface area contributed by atoms with Crippen LogP contribution < -0.4 is 31.9 Å². The van der Waals surface area contributed by atoms with E-state index in [0.717, 1.165) is 22.8 Å². The number of halogens is 2. The second kappa shape index (κ2) is 15.1.